The lowest BCUT2D eigenvalue weighted by molar-refractivity contribution is -0.122. The first kappa shape index (κ1) is 14.2. The number of halogens is 1. The van der Waals surface area contributed by atoms with Gasteiger partial charge in [-0.3, -0.25) is 4.79 Å². The Morgan fingerprint density at radius 2 is 2.00 bits per heavy atom. The molecular weight excluding hydrogens is 237 g/mol. The fourth-order valence-corrected chi connectivity index (χ4v) is 1.46. The minimum absolute atomic E-state index is 0.0438. The SMILES string of the molecule is COc1ccc(N(C)C(=O)CCC(C)=O)cc1F. The van der Waals surface area contributed by atoms with Crippen LogP contribution in [0.3, 0.4) is 0 Å². The highest BCUT2D eigenvalue weighted by molar-refractivity contribution is 5.94. The van der Waals surface area contributed by atoms with E-state index in [0.29, 0.717) is 5.69 Å². The van der Waals surface area contributed by atoms with Crippen LogP contribution in [-0.4, -0.2) is 25.8 Å². The molecule has 0 radical (unpaired) electrons. The van der Waals surface area contributed by atoms with Gasteiger partial charge >= 0.3 is 0 Å². The number of hydrogen-bond acceptors (Lipinski definition) is 3. The minimum atomic E-state index is -0.527. The van der Waals surface area contributed by atoms with Gasteiger partial charge in [0, 0.05) is 31.6 Å². The Labute approximate surface area is 105 Å². The fraction of sp³-hybridized carbons (Fsp3) is 0.385. The van der Waals surface area contributed by atoms with E-state index in [9.17, 15) is 14.0 Å². The largest absolute Gasteiger partial charge is 0.494 e. The number of anilines is 1. The Morgan fingerprint density at radius 1 is 1.33 bits per heavy atom. The monoisotopic (exact) mass is 253 g/mol. The van der Waals surface area contributed by atoms with Crippen molar-refractivity contribution in [3.63, 3.8) is 0 Å². The van der Waals surface area contributed by atoms with Crippen molar-refractivity contribution >= 4 is 17.4 Å². The van der Waals surface area contributed by atoms with E-state index in [-0.39, 0.29) is 30.3 Å². The molecule has 0 aromatic heterocycles. The van der Waals surface area contributed by atoms with Crippen LogP contribution in [0.1, 0.15) is 19.8 Å². The summed E-state index contributed by atoms with van der Waals surface area (Å²) < 4.78 is 18.3. The predicted molar refractivity (Wildman–Crippen MR) is 66.3 cm³/mol. The number of ketones is 1. The molecule has 0 aliphatic heterocycles. The second kappa shape index (κ2) is 6.14. The molecule has 1 amide bonds. The number of hydrogen-bond donors (Lipinski definition) is 0. The quantitative estimate of drug-likeness (QED) is 0.808. The maximum absolute atomic E-state index is 13.5. The summed E-state index contributed by atoms with van der Waals surface area (Å²) in [6.07, 6.45) is 0.321. The molecule has 0 atom stereocenters. The number of Topliss-reactive ketones (excluding diaryl/α,β-unsaturated/α-hetero) is 1. The molecule has 98 valence electrons. The number of benzene rings is 1. The summed E-state index contributed by atoms with van der Waals surface area (Å²) in [5, 5.41) is 0. The first-order valence-electron chi connectivity index (χ1n) is 5.55. The summed E-state index contributed by atoms with van der Waals surface area (Å²) in [5.41, 5.74) is 0.432. The normalized spacial score (nSPS) is 10.0. The lowest BCUT2D eigenvalue weighted by Gasteiger charge is -2.17. The highest BCUT2D eigenvalue weighted by Crippen LogP contribution is 2.23. The number of carbonyl (C=O) groups is 2. The summed E-state index contributed by atoms with van der Waals surface area (Å²) in [5.74, 6) is -0.669. The molecule has 0 N–H and O–H groups in total. The lowest BCUT2D eigenvalue weighted by Crippen LogP contribution is -2.26. The molecule has 1 aromatic carbocycles. The molecule has 0 saturated carbocycles. The number of carbonyl (C=O) groups excluding carboxylic acids is 2. The number of ether oxygens (including phenoxy) is 1. The van der Waals surface area contributed by atoms with Crippen molar-refractivity contribution in [2.45, 2.75) is 19.8 Å². The van der Waals surface area contributed by atoms with Crippen LogP contribution >= 0.6 is 0 Å². The summed E-state index contributed by atoms with van der Waals surface area (Å²) in [6, 6.07) is 4.28. The van der Waals surface area contributed by atoms with Crippen molar-refractivity contribution in [1.82, 2.24) is 0 Å². The van der Waals surface area contributed by atoms with Gasteiger partial charge in [0.05, 0.1) is 7.11 Å². The van der Waals surface area contributed by atoms with Gasteiger partial charge in [-0.1, -0.05) is 0 Å². The van der Waals surface area contributed by atoms with E-state index >= 15 is 0 Å². The number of rotatable bonds is 5. The van der Waals surface area contributed by atoms with Gasteiger partial charge in [0.25, 0.3) is 0 Å². The molecule has 0 fully saturated rings. The smallest absolute Gasteiger partial charge is 0.227 e. The van der Waals surface area contributed by atoms with Gasteiger partial charge in [-0.05, 0) is 19.1 Å². The van der Waals surface area contributed by atoms with E-state index < -0.39 is 5.82 Å². The van der Waals surface area contributed by atoms with E-state index in [0.717, 1.165) is 0 Å². The highest BCUT2D eigenvalue weighted by atomic mass is 19.1. The van der Waals surface area contributed by atoms with Crippen LogP contribution in [0, 0.1) is 5.82 Å². The molecule has 1 aromatic rings. The van der Waals surface area contributed by atoms with E-state index in [1.807, 2.05) is 0 Å². The van der Waals surface area contributed by atoms with Gasteiger partial charge in [0.15, 0.2) is 11.6 Å². The third kappa shape index (κ3) is 3.55. The molecule has 5 heteroatoms. The molecule has 4 nitrogen and oxygen atoms in total. The van der Waals surface area contributed by atoms with Crippen molar-refractivity contribution in [1.29, 1.82) is 0 Å². The van der Waals surface area contributed by atoms with E-state index in [4.69, 9.17) is 4.74 Å². The second-order valence-corrected chi connectivity index (χ2v) is 3.97. The standard InChI is InChI=1S/C13H16FNO3/c1-9(16)4-7-13(17)15(2)10-5-6-12(18-3)11(14)8-10/h5-6,8H,4,7H2,1-3H3. The average Bonchev–Trinajstić information content (AvgIpc) is 2.34. The third-order valence-electron chi connectivity index (χ3n) is 2.59. The van der Waals surface area contributed by atoms with Crippen LogP contribution < -0.4 is 9.64 Å². The Bertz CT molecular complexity index is 460. The van der Waals surface area contributed by atoms with Gasteiger partial charge in [-0.2, -0.15) is 0 Å². The maximum atomic E-state index is 13.5. The van der Waals surface area contributed by atoms with Gasteiger partial charge in [0.2, 0.25) is 5.91 Å². The van der Waals surface area contributed by atoms with Crippen LogP contribution in [0.15, 0.2) is 18.2 Å². The Hall–Kier alpha value is -1.91. The van der Waals surface area contributed by atoms with Crippen LogP contribution in [0.5, 0.6) is 5.75 Å². The molecule has 1 rings (SSSR count). The molecular formula is C13H16FNO3. The molecule has 0 aliphatic carbocycles. The number of nitrogens with zero attached hydrogens (tertiary/aromatic N) is 1. The van der Waals surface area contributed by atoms with E-state index in [1.54, 1.807) is 13.1 Å². The summed E-state index contributed by atoms with van der Waals surface area (Å²) in [4.78, 5) is 23.9. The molecule has 0 heterocycles. The van der Waals surface area contributed by atoms with Crippen molar-refractivity contribution < 1.29 is 18.7 Å². The Morgan fingerprint density at radius 3 is 2.50 bits per heavy atom. The fourth-order valence-electron chi connectivity index (χ4n) is 1.46. The molecule has 0 saturated heterocycles. The van der Waals surface area contributed by atoms with Crippen LogP contribution in [0.2, 0.25) is 0 Å². The van der Waals surface area contributed by atoms with Gasteiger partial charge in [-0.15, -0.1) is 0 Å². The van der Waals surface area contributed by atoms with E-state index in [2.05, 4.69) is 0 Å². The minimum Gasteiger partial charge on any atom is -0.494 e. The van der Waals surface area contributed by atoms with Gasteiger partial charge < -0.3 is 14.4 Å². The van der Waals surface area contributed by atoms with Crippen molar-refractivity contribution in [2.75, 3.05) is 19.1 Å². The van der Waals surface area contributed by atoms with Crippen molar-refractivity contribution in [3.8, 4) is 5.75 Å². The zero-order valence-electron chi connectivity index (χ0n) is 10.7. The molecule has 0 bridgehead atoms. The Kier molecular flexibility index (Phi) is 4.83. The first-order valence-corrected chi connectivity index (χ1v) is 5.55. The third-order valence-corrected chi connectivity index (χ3v) is 2.59. The number of methoxy groups -OCH3 is 1. The summed E-state index contributed by atoms with van der Waals surface area (Å²) in [7, 11) is 2.92. The summed E-state index contributed by atoms with van der Waals surface area (Å²) >= 11 is 0. The predicted octanol–water partition coefficient (Wildman–Crippen LogP) is 2.17. The Balaban J connectivity index is 2.77. The van der Waals surface area contributed by atoms with Crippen LogP contribution in [0.4, 0.5) is 10.1 Å². The average molecular weight is 253 g/mol. The molecule has 18 heavy (non-hydrogen) atoms. The van der Waals surface area contributed by atoms with Crippen LogP contribution in [0.25, 0.3) is 0 Å². The molecule has 0 unspecified atom stereocenters. The molecule has 0 aliphatic rings. The molecule has 0 spiro atoms. The zero-order valence-corrected chi connectivity index (χ0v) is 10.7. The summed E-state index contributed by atoms with van der Waals surface area (Å²) in [6.45, 7) is 1.43. The van der Waals surface area contributed by atoms with Crippen molar-refractivity contribution in [2.24, 2.45) is 0 Å². The van der Waals surface area contributed by atoms with Crippen molar-refractivity contribution in [3.05, 3.63) is 24.0 Å². The van der Waals surface area contributed by atoms with Gasteiger partial charge in [0.1, 0.15) is 5.78 Å². The maximum Gasteiger partial charge on any atom is 0.227 e. The second-order valence-electron chi connectivity index (χ2n) is 3.97. The van der Waals surface area contributed by atoms with E-state index in [1.165, 1.54) is 31.1 Å². The zero-order chi connectivity index (χ0) is 13.7. The topological polar surface area (TPSA) is 46.6 Å². The first-order chi connectivity index (χ1) is 8.45. The number of amides is 1. The van der Waals surface area contributed by atoms with Crippen LogP contribution in [-0.2, 0) is 9.59 Å². The van der Waals surface area contributed by atoms with Gasteiger partial charge in [-0.25, -0.2) is 4.39 Å². The lowest BCUT2D eigenvalue weighted by atomic mass is 10.2. The highest BCUT2D eigenvalue weighted by Gasteiger charge is 2.13.